The predicted molar refractivity (Wildman–Crippen MR) is 447 cm³/mol. The molecule has 0 amide bonds. The van der Waals surface area contributed by atoms with Gasteiger partial charge in [-0.05, 0) is 54.6 Å². The molecular formula is C89H58O56. The van der Waals surface area contributed by atoms with Gasteiger partial charge in [-0.15, -0.1) is 0 Å². The monoisotopic (exact) mass is 2020 g/mol. The van der Waals surface area contributed by atoms with Gasteiger partial charge in [-0.1, -0.05) is 0 Å². The van der Waals surface area contributed by atoms with Crippen molar-refractivity contribution < 1.29 is 277 Å². The highest BCUT2D eigenvalue weighted by molar-refractivity contribution is 6.13. The summed E-state index contributed by atoms with van der Waals surface area (Å²) in [5.74, 6) is -82.1. The van der Waals surface area contributed by atoms with E-state index in [4.69, 9.17) is 71.1 Å². The zero-order valence-electron chi connectivity index (χ0n) is 70.8. The Morgan fingerprint density at radius 1 is 0.241 bits per heavy atom. The van der Waals surface area contributed by atoms with Gasteiger partial charge in [-0.25, -0.2) is 52.7 Å². The fourth-order valence-corrected chi connectivity index (χ4v) is 15.8. The number of carbonyl (C=O) groups excluding carboxylic acids is 11. The van der Waals surface area contributed by atoms with E-state index < -0.39 is 436 Å². The van der Waals surface area contributed by atoms with E-state index in [0.717, 1.165) is 0 Å². The van der Waals surface area contributed by atoms with Gasteiger partial charge in [-0.3, -0.25) is 0 Å². The van der Waals surface area contributed by atoms with Gasteiger partial charge < -0.3 is 224 Å². The second kappa shape index (κ2) is 35.0. The number of esters is 11. The molecule has 56 nitrogen and oxygen atoms in total. The van der Waals surface area contributed by atoms with Crippen LogP contribution in [0.2, 0.25) is 0 Å². The van der Waals surface area contributed by atoms with Crippen molar-refractivity contribution in [2.75, 3.05) is 13.2 Å². The summed E-state index contributed by atoms with van der Waals surface area (Å²) in [6.07, 6.45) is -30.1. The molecule has 0 aliphatic carbocycles. The third-order valence-corrected chi connectivity index (χ3v) is 22.8. The van der Waals surface area contributed by atoms with Gasteiger partial charge in [0.2, 0.25) is 82.3 Å². The molecule has 0 saturated carbocycles. The van der Waals surface area contributed by atoms with E-state index in [-0.39, 0.29) is 48.5 Å². The Bertz CT molecular complexity index is 7570. The molecule has 750 valence electrons. The van der Waals surface area contributed by atoms with E-state index in [1.807, 2.05) is 0 Å². The first-order valence-electron chi connectivity index (χ1n) is 40.2. The molecule has 6 heterocycles. The van der Waals surface area contributed by atoms with E-state index in [1.54, 1.807) is 0 Å². The Labute approximate surface area is 795 Å². The predicted octanol–water partition coefficient (Wildman–Crippen LogP) is 4.74. The third kappa shape index (κ3) is 15.9. The lowest BCUT2D eigenvalue weighted by atomic mass is 9.90. The van der Waals surface area contributed by atoms with Crippen molar-refractivity contribution in [3.8, 4) is 235 Å². The highest BCUT2D eigenvalue weighted by Gasteiger charge is 2.59. The number of aromatic hydroxyl groups is 30. The standard InChI is InChI=1S/C89H58O56/c90-28-1-17(2-29(91)50(28)101)77(120)131-15-42-72-74-76(88(136-42)144-78(121)18-3-30(92)51(102)31(93)4-18)143-83(126)22-9-36(98)55(106)63(114)46(22)48-24(85(128)141-74)13-39(58(109)65(48)116)133-69-26(10-37(99)56(107)67(69)118)86(129)135-41-12-23-47(64(115)60(41)111)44-20(7-34(96)53(104)61(44)112)81(124)138-71-43(16-132-80(23)123)137-89(145-79(122)19-5-32(94)52(103)33(95)6-19)75-73(71)140-84(127)25-14-40(134-70-27(87(130)139-72)11-38(100)57(108)68(70)119)59(110)66(117)49(25)45-21(82(125)142-75)8-35(97)54(105)62(45)113/h1-14,42-43,71-76,88-119H,15-16H2/t42-,43-,71-,72-,73+,74+,75-,76-,88+,89+/m1/s1. The fraction of sp³-hybridized carbons (Fsp3) is 0.135. The molecule has 6 aliphatic heterocycles. The molecule has 2 saturated heterocycles. The molecule has 11 aromatic carbocycles. The summed E-state index contributed by atoms with van der Waals surface area (Å²) < 4.78 is 86.7. The number of phenolic OH excluding ortho intramolecular Hbond substituents is 30. The lowest BCUT2D eigenvalue weighted by Gasteiger charge is -2.44. The van der Waals surface area contributed by atoms with Crippen LogP contribution in [0.25, 0.3) is 33.4 Å². The summed E-state index contributed by atoms with van der Waals surface area (Å²) >= 11 is 0. The highest BCUT2D eigenvalue weighted by Crippen LogP contribution is 2.62. The first kappa shape index (κ1) is 95.8. The van der Waals surface area contributed by atoms with E-state index in [1.165, 1.54) is 0 Å². The first-order valence-corrected chi connectivity index (χ1v) is 40.2. The molecule has 145 heavy (non-hydrogen) atoms. The largest absolute Gasteiger partial charge is 0.504 e. The van der Waals surface area contributed by atoms with Crippen LogP contribution in [0.5, 0.6) is 201 Å². The SMILES string of the molecule is O=C(OC[C@H]1O[C@@H](OC(=O)c2cc(O)c(O)c(O)c2)[C@@H]2OC(=O)c3cc(O)c(O)c(O)c3-c3c4cc(c(O)c3O)Oc3c(cc(O)c(O)c3O)C(=O)Oc3cc5c(c(O)c3O)-c3c(cc(O)c(O)c3O)C(=O)O[C@H]3[C@@H]6OC(=O)c7cc(c(O)c(O)c7-c7c(cc(O)c(O)c7O)C(=O)O[C@H]6[C@H](OC(=O)c6cc(O)c(O)c(O)c6)O[C@@H]3COC5=O)Oc3c(cc(O)c(O)c3O)C(=O)O[C@H]1[C@@H]2OC4=O)c1cc(O)c(O)c(O)c1. The third-order valence-electron chi connectivity index (χ3n) is 22.8. The van der Waals surface area contributed by atoms with E-state index in [2.05, 4.69) is 0 Å². The van der Waals surface area contributed by atoms with Crippen LogP contribution in [0.1, 0.15) is 114 Å². The molecule has 2 fully saturated rings. The molecule has 10 bridgehead atoms. The number of carbonyl (C=O) groups is 11. The van der Waals surface area contributed by atoms with Crippen LogP contribution in [0.3, 0.4) is 0 Å². The van der Waals surface area contributed by atoms with Gasteiger partial charge in [0, 0.05) is 63.7 Å². The quantitative estimate of drug-likeness (QED) is 0.0443. The Morgan fingerprint density at radius 3 is 0.855 bits per heavy atom. The Hall–Kier alpha value is -20.9. The van der Waals surface area contributed by atoms with E-state index >= 15 is 38.4 Å². The Balaban J connectivity index is 0.937. The second-order valence-electron chi connectivity index (χ2n) is 31.5. The maximum absolute atomic E-state index is 16.2. The normalized spacial score (nSPS) is 19.4. The maximum Gasteiger partial charge on any atom is 0.347 e. The number of fused-ring (bicyclic) bond motifs is 15. The van der Waals surface area contributed by atoms with Crippen molar-refractivity contribution in [2.24, 2.45) is 0 Å². The number of benzene rings is 11. The highest BCUT2D eigenvalue weighted by atomic mass is 16.8. The van der Waals surface area contributed by atoms with Crippen molar-refractivity contribution in [3.63, 3.8) is 0 Å². The molecule has 0 spiro atoms. The molecule has 0 aromatic heterocycles. The molecule has 56 heteroatoms. The zero-order valence-corrected chi connectivity index (χ0v) is 70.8. The van der Waals surface area contributed by atoms with Crippen molar-refractivity contribution in [1.29, 1.82) is 0 Å². The molecule has 10 atom stereocenters. The van der Waals surface area contributed by atoms with Crippen molar-refractivity contribution in [3.05, 3.63) is 146 Å². The topological polar surface area (TPSA) is 933 Å². The van der Waals surface area contributed by atoms with Crippen LogP contribution in [0.15, 0.2) is 84.9 Å². The smallest absolute Gasteiger partial charge is 0.347 e. The van der Waals surface area contributed by atoms with Gasteiger partial charge in [-0.2, -0.15) is 0 Å². The number of ether oxygens (including phenoxy) is 15. The minimum Gasteiger partial charge on any atom is -0.504 e. The van der Waals surface area contributed by atoms with Gasteiger partial charge in [0.25, 0.3) is 0 Å². The summed E-state index contributed by atoms with van der Waals surface area (Å²) in [4.78, 5) is 169. The average molecular weight is 2020 g/mol. The van der Waals surface area contributed by atoms with Crippen molar-refractivity contribution in [1.82, 2.24) is 0 Å². The van der Waals surface area contributed by atoms with E-state index in [9.17, 15) is 168 Å². The van der Waals surface area contributed by atoms with Crippen LogP contribution >= 0.6 is 0 Å². The summed E-state index contributed by atoms with van der Waals surface area (Å²) in [6.45, 7) is -3.48. The average Bonchev–Trinajstić information content (AvgIpc) is 1.18. The molecule has 0 unspecified atom stereocenters. The number of hydrogen-bond donors (Lipinski definition) is 30. The lowest BCUT2D eigenvalue weighted by molar-refractivity contribution is -0.283. The van der Waals surface area contributed by atoms with Crippen LogP contribution < -0.4 is 14.2 Å². The molecular weight excluding hydrogens is 1960 g/mol. The minimum absolute atomic E-state index is 0.0182. The number of rotatable bonds is 7. The second-order valence-corrected chi connectivity index (χ2v) is 31.5. The first-order chi connectivity index (χ1) is 68.3. The summed E-state index contributed by atoms with van der Waals surface area (Å²) in [5.41, 5.74) is -24.9. The number of phenols is 30. The molecule has 11 aromatic rings. The Morgan fingerprint density at radius 2 is 0.497 bits per heavy atom. The zero-order chi connectivity index (χ0) is 105. The summed E-state index contributed by atoms with van der Waals surface area (Å²) in [5, 5.41) is 341. The molecule has 30 N–H and O–H groups in total. The van der Waals surface area contributed by atoms with Gasteiger partial charge in [0.15, 0.2) is 168 Å². The van der Waals surface area contributed by atoms with Crippen LogP contribution in [-0.4, -0.2) is 293 Å². The fourth-order valence-electron chi connectivity index (χ4n) is 15.8. The number of hydrogen-bond acceptors (Lipinski definition) is 56. The Kier molecular flexibility index (Phi) is 23.1. The molecule has 6 aliphatic rings. The van der Waals surface area contributed by atoms with Crippen molar-refractivity contribution >= 4 is 65.7 Å². The summed E-state index contributed by atoms with van der Waals surface area (Å²) in [6, 6.07) is 3.14. The maximum atomic E-state index is 16.2. The lowest BCUT2D eigenvalue weighted by Crippen LogP contribution is -2.63. The minimum atomic E-state index is -3.23. The molecule has 17 rings (SSSR count). The summed E-state index contributed by atoms with van der Waals surface area (Å²) in [7, 11) is 0. The molecule has 0 radical (unpaired) electrons. The van der Waals surface area contributed by atoms with Crippen LogP contribution in [-0.2, 0) is 56.8 Å². The van der Waals surface area contributed by atoms with Gasteiger partial charge >= 0.3 is 65.7 Å². The van der Waals surface area contributed by atoms with Crippen molar-refractivity contribution in [2.45, 2.75) is 61.4 Å². The van der Waals surface area contributed by atoms with E-state index in [0.29, 0.717) is 36.4 Å². The van der Waals surface area contributed by atoms with Crippen LogP contribution in [0, 0.1) is 0 Å². The van der Waals surface area contributed by atoms with Crippen LogP contribution in [0.4, 0.5) is 0 Å². The van der Waals surface area contributed by atoms with Gasteiger partial charge in [0.05, 0.1) is 50.1 Å². The van der Waals surface area contributed by atoms with Gasteiger partial charge in [0.1, 0.15) is 36.5 Å².